The molecule has 0 N–H and O–H groups in total. The number of benzene rings is 4. The van der Waals surface area contributed by atoms with Gasteiger partial charge in [-0.1, -0.05) is 84.9 Å². The van der Waals surface area contributed by atoms with Gasteiger partial charge in [0.25, 0.3) is 0 Å². The van der Waals surface area contributed by atoms with Gasteiger partial charge in [-0.15, -0.1) is 0 Å². The predicted octanol–water partition coefficient (Wildman–Crippen LogP) is 6.44. The second kappa shape index (κ2) is 6.84. The van der Waals surface area contributed by atoms with Crippen LogP contribution < -0.4 is 0 Å². The quantitative estimate of drug-likeness (QED) is 0.321. The van der Waals surface area contributed by atoms with E-state index in [-0.39, 0.29) is 5.92 Å². The monoisotopic (exact) mass is 424 g/mol. The van der Waals surface area contributed by atoms with Crippen LogP contribution in [0.2, 0.25) is 0 Å². The maximum absolute atomic E-state index is 5.10. The molecular formula is C29H20N4. The Balaban J connectivity index is 1.51. The largest absolute Gasteiger partial charge is 0.278 e. The summed E-state index contributed by atoms with van der Waals surface area (Å²) in [6, 6.07) is 34.0. The van der Waals surface area contributed by atoms with E-state index in [2.05, 4.69) is 102 Å². The summed E-state index contributed by atoms with van der Waals surface area (Å²) in [6.07, 6.45) is 0. The van der Waals surface area contributed by atoms with Crippen molar-refractivity contribution in [3.63, 3.8) is 0 Å². The minimum absolute atomic E-state index is 0.00839. The molecule has 4 aromatic carbocycles. The first kappa shape index (κ1) is 18.3. The van der Waals surface area contributed by atoms with Crippen LogP contribution in [-0.4, -0.2) is 19.5 Å². The number of para-hydroxylation sites is 2. The van der Waals surface area contributed by atoms with Gasteiger partial charge in [0.2, 0.25) is 5.95 Å². The summed E-state index contributed by atoms with van der Waals surface area (Å²) in [5, 5.41) is 2.40. The number of rotatable bonds is 2. The van der Waals surface area contributed by atoms with Crippen LogP contribution in [-0.2, 0) is 0 Å². The van der Waals surface area contributed by atoms with Crippen molar-refractivity contribution in [3.05, 3.63) is 120 Å². The molecule has 0 amide bonds. The summed E-state index contributed by atoms with van der Waals surface area (Å²) < 4.78 is 2.16. The van der Waals surface area contributed by atoms with Gasteiger partial charge in [0, 0.05) is 10.8 Å². The average Bonchev–Trinajstić information content (AvgIpc) is 3.37. The first-order valence-corrected chi connectivity index (χ1v) is 11.2. The van der Waals surface area contributed by atoms with Crippen molar-refractivity contribution in [1.29, 1.82) is 0 Å². The SMILES string of the molecule is Cc1nc(C2c3ccccc3-c3ccccc32)nc(-n2c3ccccc3c3ccccc32)n1. The van der Waals surface area contributed by atoms with Crippen molar-refractivity contribution in [2.24, 2.45) is 0 Å². The molecule has 156 valence electrons. The molecule has 0 bridgehead atoms. The molecule has 33 heavy (non-hydrogen) atoms. The van der Waals surface area contributed by atoms with Gasteiger partial charge in [0.05, 0.1) is 17.0 Å². The van der Waals surface area contributed by atoms with E-state index in [4.69, 9.17) is 15.0 Å². The van der Waals surface area contributed by atoms with E-state index in [0.29, 0.717) is 5.95 Å². The second-order valence-corrected chi connectivity index (χ2v) is 8.52. The highest BCUT2D eigenvalue weighted by Crippen LogP contribution is 2.46. The molecule has 0 atom stereocenters. The highest BCUT2D eigenvalue weighted by molar-refractivity contribution is 6.08. The Morgan fingerprint density at radius 3 is 1.70 bits per heavy atom. The van der Waals surface area contributed by atoms with Crippen LogP contribution in [0.5, 0.6) is 0 Å². The van der Waals surface area contributed by atoms with Gasteiger partial charge in [0.15, 0.2) is 0 Å². The third-order valence-corrected chi connectivity index (χ3v) is 6.62. The van der Waals surface area contributed by atoms with Crippen molar-refractivity contribution in [2.75, 3.05) is 0 Å². The fraction of sp³-hybridized carbons (Fsp3) is 0.0690. The highest BCUT2D eigenvalue weighted by atomic mass is 15.2. The van der Waals surface area contributed by atoms with E-state index in [9.17, 15) is 0 Å². The topological polar surface area (TPSA) is 43.6 Å². The van der Waals surface area contributed by atoms with Gasteiger partial charge in [0.1, 0.15) is 11.6 Å². The predicted molar refractivity (Wildman–Crippen MR) is 132 cm³/mol. The van der Waals surface area contributed by atoms with Crippen LogP contribution in [0.1, 0.15) is 28.7 Å². The summed E-state index contributed by atoms with van der Waals surface area (Å²) in [5.41, 5.74) is 7.21. The molecule has 0 saturated carbocycles. The van der Waals surface area contributed by atoms with Crippen LogP contribution in [0.25, 0.3) is 38.9 Å². The molecule has 0 saturated heterocycles. The Morgan fingerprint density at radius 1 is 0.576 bits per heavy atom. The maximum Gasteiger partial charge on any atom is 0.238 e. The molecule has 0 aliphatic heterocycles. The molecule has 1 aliphatic carbocycles. The zero-order chi connectivity index (χ0) is 21.9. The van der Waals surface area contributed by atoms with Crippen molar-refractivity contribution >= 4 is 21.8 Å². The van der Waals surface area contributed by atoms with E-state index in [1.54, 1.807) is 0 Å². The number of aryl methyl sites for hydroxylation is 1. The Bertz CT molecular complexity index is 1600. The summed E-state index contributed by atoms with van der Waals surface area (Å²) in [4.78, 5) is 14.7. The van der Waals surface area contributed by atoms with E-state index in [1.807, 2.05) is 6.92 Å². The lowest BCUT2D eigenvalue weighted by Gasteiger charge is -2.15. The fourth-order valence-electron chi connectivity index (χ4n) is 5.29. The van der Waals surface area contributed by atoms with Crippen LogP contribution in [0.15, 0.2) is 97.1 Å². The van der Waals surface area contributed by atoms with E-state index >= 15 is 0 Å². The molecule has 0 spiro atoms. The summed E-state index contributed by atoms with van der Waals surface area (Å²) in [6.45, 7) is 1.95. The molecule has 2 heterocycles. The Labute approximate surface area is 191 Å². The van der Waals surface area contributed by atoms with Crippen molar-refractivity contribution < 1.29 is 0 Å². The molecule has 1 aliphatic rings. The third-order valence-electron chi connectivity index (χ3n) is 6.62. The first-order chi connectivity index (χ1) is 16.3. The van der Waals surface area contributed by atoms with Crippen molar-refractivity contribution in [3.8, 4) is 17.1 Å². The zero-order valence-corrected chi connectivity index (χ0v) is 18.1. The van der Waals surface area contributed by atoms with Crippen LogP contribution >= 0.6 is 0 Å². The van der Waals surface area contributed by atoms with Gasteiger partial charge >= 0.3 is 0 Å². The Kier molecular flexibility index (Phi) is 3.79. The van der Waals surface area contributed by atoms with E-state index < -0.39 is 0 Å². The zero-order valence-electron chi connectivity index (χ0n) is 18.1. The Morgan fingerprint density at radius 2 is 1.09 bits per heavy atom. The lowest BCUT2D eigenvalue weighted by Crippen LogP contribution is -2.12. The lowest BCUT2D eigenvalue weighted by atomic mass is 9.96. The molecule has 6 aromatic rings. The van der Waals surface area contributed by atoms with Gasteiger partial charge in [-0.2, -0.15) is 9.97 Å². The molecule has 7 rings (SSSR count). The van der Waals surface area contributed by atoms with Crippen LogP contribution in [0.3, 0.4) is 0 Å². The number of hydrogen-bond acceptors (Lipinski definition) is 3. The number of nitrogens with zero attached hydrogens (tertiary/aromatic N) is 4. The third kappa shape index (κ3) is 2.61. The standard InChI is InChI=1S/C29H20N4/c1-18-30-28(27-23-14-4-2-10-19(23)20-11-3-5-15-24(20)27)32-29(31-18)33-25-16-8-6-12-21(25)22-13-7-9-17-26(22)33/h2-17,27H,1H3. The average molecular weight is 425 g/mol. The Hall–Kier alpha value is -4.31. The van der Waals surface area contributed by atoms with Crippen molar-refractivity contribution in [2.45, 2.75) is 12.8 Å². The smallest absolute Gasteiger partial charge is 0.238 e. The van der Waals surface area contributed by atoms with E-state index in [0.717, 1.165) is 22.7 Å². The first-order valence-electron chi connectivity index (χ1n) is 11.2. The highest BCUT2D eigenvalue weighted by Gasteiger charge is 2.32. The van der Waals surface area contributed by atoms with Gasteiger partial charge in [-0.25, -0.2) is 4.98 Å². The summed E-state index contributed by atoms with van der Waals surface area (Å²) in [7, 11) is 0. The number of hydrogen-bond donors (Lipinski definition) is 0. The van der Waals surface area contributed by atoms with E-state index in [1.165, 1.54) is 33.0 Å². The van der Waals surface area contributed by atoms with Gasteiger partial charge < -0.3 is 0 Å². The van der Waals surface area contributed by atoms with Gasteiger partial charge in [-0.05, 0) is 41.3 Å². The summed E-state index contributed by atoms with van der Waals surface area (Å²) >= 11 is 0. The minimum atomic E-state index is -0.00839. The molecule has 4 heteroatoms. The lowest BCUT2D eigenvalue weighted by molar-refractivity contribution is 0.795. The molecule has 0 radical (unpaired) electrons. The normalized spacial score (nSPS) is 12.9. The number of fused-ring (bicyclic) bond motifs is 6. The minimum Gasteiger partial charge on any atom is -0.278 e. The fourth-order valence-corrected chi connectivity index (χ4v) is 5.29. The molecular weight excluding hydrogens is 404 g/mol. The molecule has 0 fully saturated rings. The number of aromatic nitrogens is 4. The molecule has 0 unspecified atom stereocenters. The van der Waals surface area contributed by atoms with Crippen LogP contribution in [0, 0.1) is 6.92 Å². The second-order valence-electron chi connectivity index (χ2n) is 8.52. The molecule has 2 aromatic heterocycles. The molecule has 4 nitrogen and oxygen atoms in total. The summed E-state index contributed by atoms with van der Waals surface area (Å²) in [5.74, 6) is 2.16. The van der Waals surface area contributed by atoms with Gasteiger partial charge in [-0.3, -0.25) is 4.57 Å². The van der Waals surface area contributed by atoms with Crippen molar-refractivity contribution in [1.82, 2.24) is 19.5 Å². The van der Waals surface area contributed by atoms with Crippen LogP contribution in [0.4, 0.5) is 0 Å². The maximum atomic E-state index is 5.10.